The Morgan fingerprint density at radius 3 is 2.47 bits per heavy atom. The van der Waals surface area contributed by atoms with Crippen molar-refractivity contribution in [2.24, 2.45) is 5.92 Å². The van der Waals surface area contributed by atoms with Crippen LogP contribution in [0.2, 0.25) is 0 Å². The van der Waals surface area contributed by atoms with E-state index in [-0.39, 0.29) is 5.60 Å². The maximum atomic E-state index is 6.19. The maximum absolute atomic E-state index is 6.19. The second kappa shape index (κ2) is 7.05. The van der Waals surface area contributed by atoms with Crippen LogP contribution >= 0.6 is 0 Å². The van der Waals surface area contributed by atoms with Crippen LogP contribution in [0.25, 0.3) is 0 Å². The van der Waals surface area contributed by atoms with Gasteiger partial charge >= 0.3 is 0 Å². The van der Waals surface area contributed by atoms with Gasteiger partial charge in [-0.15, -0.1) is 0 Å². The van der Waals surface area contributed by atoms with Crippen LogP contribution in [0.15, 0.2) is 0 Å². The average Bonchev–Trinajstić information content (AvgIpc) is 2.39. The van der Waals surface area contributed by atoms with Gasteiger partial charge in [-0.1, -0.05) is 20.8 Å². The lowest BCUT2D eigenvalue weighted by molar-refractivity contribution is -0.135. The SMILES string of the molecule is CCN1CCC2(CC1)CN(CCCC(C)C)CCO2. The molecule has 19 heavy (non-hydrogen) atoms. The molecule has 2 aliphatic rings. The van der Waals surface area contributed by atoms with E-state index in [1.165, 1.54) is 58.4 Å². The number of rotatable bonds is 5. The number of ether oxygens (including phenoxy) is 1. The quantitative estimate of drug-likeness (QED) is 0.762. The summed E-state index contributed by atoms with van der Waals surface area (Å²) in [7, 11) is 0. The number of likely N-dealkylation sites (tertiary alicyclic amines) is 1. The zero-order valence-electron chi connectivity index (χ0n) is 13.2. The molecule has 3 heteroatoms. The first-order valence-corrected chi connectivity index (χ1v) is 8.22. The molecule has 0 aliphatic carbocycles. The summed E-state index contributed by atoms with van der Waals surface area (Å²) in [6, 6.07) is 0. The molecule has 0 atom stereocenters. The second-order valence-corrected chi connectivity index (χ2v) is 6.78. The normalized spacial score (nSPS) is 25.3. The number of morpholine rings is 1. The van der Waals surface area contributed by atoms with Crippen LogP contribution in [-0.4, -0.2) is 61.3 Å². The Balaban J connectivity index is 1.77. The maximum Gasteiger partial charge on any atom is 0.0833 e. The minimum atomic E-state index is 0.182. The zero-order valence-corrected chi connectivity index (χ0v) is 13.2. The first kappa shape index (κ1) is 15.3. The molecule has 0 amide bonds. The smallest absolute Gasteiger partial charge is 0.0833 e. The lowest BCUT2D eigenvalue weighted by Crippen LogP contribution is -2.56. The lowest BCUT2D eigenvalue weighted by Gasteiger charge is -2.47. The van der Waals surface area contributed by atoms with E-state index in [0.717, 1.165) is 19.1 Å². The molecule has 112 valence electrons. The van der Waals surface area contributed by atoms with Crippen molar-refractivity contribution in [1.82, 2.24) is 9.80 Å². The van der Waals surface area contributed by atoms with E-state index >= 15 is 0 Å². The molecule has 0 aromatic carbocycles. The third-order valence-corrected chi connectivity index (χ3v) is 4.80. The molecule has 2 fully saturated rings. The minimum absolute atomic E-state index is 0.182. The summed E-state index contributed by atoms with van der Waals surface area (Å²) in [6.07, 6.45) is 5.14. The highest BCUT2D eigenvalue weighted by Gasteiger charge is 2.39. The molecule has 2 aliphatic heterocycles. The van der Waals surface area contributed by atoms with Crippen LogP contribution < -0.4 is 0 Å². The summed E-state index contributed by atoms with van der Waals surface area (Å²) in [4.78, 5) is 5.19. The largest absolute Gasteiger partial charge is 0.372 e. The van der Waals surface area contributed by atoms with E-state index in [1.54, 1.807) is 0 Å². The Labute approximate surface area is 119 Å². The van der Waals surface area contributed by atoms with Gasteiger partial charge in [0.1, 0.15) is 0 Å². The Hall–Kier alpha value is -0.120. The molecule has 0 saturated carbocycles. The van der Waals surface area contributed by atoms with E-state index in [9.17, 15) is 0 Å². The topological polar surface area (TPSA) is 15.7 Å². The predicted molar refractivity (Wildman–Crippen MR) is 80.5 cm³/mol. The summed E-state index contributed by atoms with van der Waals surface area (Å²) >= 11 is 0. The van der Waals surface area contributed by atoms with E-state index in [0.29, 0.717) is 0 Å². The van der Waals surface area contributed by atoms with E-state index in [1.807, 2.05) is 0 Å². The standard InChI is InChI=1S/C16H32N2O/c1-4-17-10-7-16(8-11-17)14-18(12-13-19-16)9-5-6-15(2)3/h15H,4-14H2,1-3H3. The van der Waals surface area contributed by atoms with Crippen molar-refractivity contribution < 1.29 is 4.74 Å². The molecule has 2 heterocycles. The van der Waals surface area contributed by atoms with Crippen molar-refractivity contribution in [3.05, 3.63) is 0 Å². The number of piperidine rings is 1. The predicted octanol–water partition coefficient (Wildman–Crippen LogP) is 2.61. The summed E-state index contributed by atoms with van der Waals surface area (Å²) < 4.78 is 6.19. The number of hydrogen-bond acceptors (Lipinski definition) is 3. The van der Waals surface area contributed by atoms with Crippen LogP contribution in [0.1, 0.15) is 46.5 Å². The molecular weight excluding hydrogens is 236 g/mol. The van der Waals surface area contributed by atoms with Gasteiger partial charge in [0, 0.05) is 26.2 Å². The monoisotopic (exact) mass is 268 g/mol. The molecule has 0 aromatic rings. The van der Waals surface area contributed by atoms with Gasteiger partial charge in [-0.3, -0.25) is 4.90 Å². The van der Waals surface area contributed by atoms with Crippen LogP contribution in [0, 0.1) is 5.92 Å². The number of nitrogens with zero attached hydrogens (tertiary/aromatic N) is 2. The molecular formula is C16H32N2O. The second-order valence-electron chi connectivity index (χ2n) is 6.78. The van der Waals surface area contributed by atoms with Crippen molar-refractivity contribution in [2.45, 2.75) is 52.1 Å². The molecule has 0 bridgehead atoms. The van der Waals surface area contributed by atoms with Gasteiger partial charge in [-0.25, -0.2) is 0 Å². The first-order chi connectivity index (χ1) is 9.13. The van der Waals surface area contributed by atoms with Crippen molar-refractivity contribution in [3.63, 3.8) is 0 Å². The fourth-order valence-electron chi connectivity index (χ4n) is 3.42. The van der Waals surface area contributed by atoms with Gasteiger partial charge in [0.25, 0.3) is 0 Å². The highest BCUT2D eigenvalue weighted by Crippen LogP contribution is 2.30. The van der Waals surface area contributed by atoms with Gasteiger partial charge < -0.3 is 9.64 Å². The van der Waals surface area contributed by atoms with Crippen LogP contribution in [0.5, 0.6) is 0 Å². The fourth-order valence-corrected chi connectivity index (χ4v) is 3.42. The summed E-state index contributed by atoms with van der Waals surface area (Å²) in [6.45, 7) is 15.0. The Morgan fingerprint density at radius 1 is 1.11 bits per heavy atom. The van der Waals surface area contributed by atoms with Gasteiger partial charge in [0.05, 0.1) is 12.2 Å². The van der Waals surface area contributed by atoms with E-state index in [2.05, 4.69) is 30.6 Å². The van der Waals surface area contributed by atoms with Crippen LogP contribution in [0.3, 0.4) is 0 Å². The van der Waals surface area contributed by atoms with Crippen molar-refractivity contribution in [3.8, 4) is 0 Å². The highest BCUT2D eigenvalue weighted by molar-refractivity contribution is 4.92. The Bertz CT molecular complexity index is 259. The highest BCUT2D eigenvalue weighted by atomic mass is 16.5. The zero-order chi connectivity index (χ0) is 13.7. The molecule has 2 rings (SSSR count). The van der Waals surface area contributed by atoms with Crippen LogP contribution in [0.4, 0.5) is 0 Å². The van der Waals surface area contributed by atoms with Crippen molar-refractivity contribution in [1.29, 1.82) is 0 Å². The van der Waals surface area contributed by atoms with Crippen molar-refractivity contribution >= 4 is 0 Å². The van der Waals surface area contributed by atoms with Crippen molar-refractivity contribution in [2.75, 3.05) is 45.9 Å². The Morgan fingerprint density at radius 2 is 1.84 bits per heavy atom. The van der Waals surface area contributed by atoms with E-state index < -0.39 is 0 Å². The molecule has 2 saturated heterocycles. The molecule has 0 N–H and O–H groups in total. The van der Waals surface area contributed by atoms with Gasteiger partial charge in [-0.05, 0) is 44.7 Å². The molecule has 0 unspecified atom stereocenters. The summed E-state index contributed by atoms with van der Waals surface area (Å²) in [5.41, 5.74) is 0.182. The molecule has 1 spiro atoms. The van der Waals surface area contributed by atoms with Crippen LogP contribution in [-0.2, 0) is 4.74 Å². The van der Waals surface area contributed by atoms with Gasteiger partial charge in [0.2, 0.25) is 0 Å². The third kappa shape index (κ3) is 4.44. The fraction of sp³-hybridized carbons (Fsp3) is 1.00. The average molecular weight is 268 g/mol. The van der Waals surface area contributed by atoms with Gasteiger partial charge in [0.15, 0.2) is 0 Å². The minimum Gasteiger partial charge on any atom is -0.372 e. The molecule has 0 radical (unpaired) electrons. The van der Waals surface area contributed by atoms with Gasteiger partial charge in [-0.2, -0.15) is 0 Å². The molecule has 3 nitrogen and oxygen atoms in total. The lowest BCUT2D eigenvalue weighted by atomic mass is 9.89. The van der Waals surface area contributed by atoms with E-state index in [4.69, 9.17) is 4.74 Å². The summed E-state index contributed by atoms with van der Waals surface area (Å²) in [5, 5.41) is 0. The first-order valence-electron chi connectivity index (χ1n) is 8.22. The number of hydrogen-bond donors (Lipinski definition) is 0. The summed E-state index contributed by atoms with van der Waals surface area (Å²) in [5.74, 6) is 0.836. The molecule has 0 aromatic heterocycles. The Kier molecular flexibility index (Phi) is 5.67. The third-order valence-electron chi connectivity index (χ3n) is 4.80.